The molecule has 266 valence electrons. The van der Waals surface area contributed by atoms with Crippen molar-refractivity contribution in [2.45, 2.75) is 101 Å². The van der Waals surface area contributed by atoms with E-state index in [0.29, 0.717) is 19.5 Å². The predicted octanol–water partition coefficient (Wildman–Crippen LogP) is 8.34. The van der Waals surface area contributed by atoms with Crippen molar-refractivity contribution in [2.24, 2.45) is 5.73 Å². The number of hydrogen-bond donors (Lipinski definition) is 1. The second kappa shape index (κ2) is 14.1. The van der Waals surface area contributed by atoms with Crippen LogP contribution in [0.5, 0.6) is 5.75 Å². The summed E-state index contributed by atoms with van der Waals surface area (Å²) in [5.74, 6) is -1.15. The number of aromatic nitrogens is 1. The maximum Gasteiger partial charge on any atom is 0.573 e. The maximum atomic E-state index is 14.3. The number of unbranched alkanes of at least 4 members (excludes halogenated alkanes) is 1. The van der Waals surface area contributed by atoms with E-state index < -0.39 is 23.5 Å². The largest absolute Gasteiger partial charge is 0.573 e. The topological polar surface area (TPSA) is 63.7 Å². The van der Waals surface area contributed by atoms with Gasteiger partial charge in [0, 0.05) is 79.5 Å². The predicted molar refractivity (Wildman–Crippen MR) is 182 cm³/mol. The molecule has 4 aromatic rings. The second-order valence-electron chi connectivity index (χ2n) is 14.4. The molecule has 3 fully saturated rings. The molecule has 6 nitrogen and oxygen atoms in total. The molecule has 2 bridgehead atoms. The van der Waals surface area contributed by atoms with Crippen LogP contribution < -0.4 is 10.5 Å². The third-order valence-electron chi connectivity index (χ3n) is 11.0. The van der Waals surface area contributed by atoms with Gasteiger partial charge in [0.1, 0.15) is 17.4 Å². The molecule has 2 aliphatic heterocycles. The summed E-state index contributed by atoms with van der Waals surface area (Å²) in [5, 5.41) is 0.993. The fourth-order valence-corrected chi connectivity index (χ4v) is 8.31. The van der Waals surface area contributed by atoms with Crippen molar-refractivity contribution in [1.29, 1.82) is 0 Å². The number of halogens is 5. The van der Waals surface area contributed by atoms with Crippen LogP contribution in [-0.4, -0.2) is 57.2 Å². The molecule has 2 atom stereocenters. The van der Waals surface area contributed by atoms with E-state index >= 15 is 0 Å². The number of benzene rings is 3. The Morgan fingerprint density at radius 1 is 0.880 bits per heavy atom. The van der Waals surface area contributed by atoms with Gasteiger partial charge < -0.3 is 15.0 Å². The molecule has 0 radical (unpaired) electrons. The number of carbonyl (C=O) groups is 1. The standard InChI is InChI=1S/C39H43F5N4O2/c40-34-7-6-8-35(41)33(34)25-48-23-28-20-29(48)22-47(28)21-26-10-15-36-31(19-26)32(27-11-13-30(14-12-27)50-39(42,43)44)24-46(36)18-5-2-9-37(49)38(45)16-3-1-4-17-38/h6-8,10-15,19,24,28-29H,1-5,9,16-18,20-23,25,45H2. The summed E-state index contributed by atoms with van der Waals surface area (Å²) < 4.78 is 73.4. The van der Waals surface area contributed by atoms with Crippen LogP contribution in [0.4, 0.5) is 22.0 Å². The van der Waals surface area contributed by atoms with Gasteiger partial charge in [-0.15, -0.1) is 13.2 Å². The lowest BCUT2D eigenvalue weighted by molar-refractivity contribution is -0.274. The molecule has 11 heteroatoms. The maximum absolute atomic E-state index is 14.3. The molecule has 7 rings (SSSR count). The zero-order valence-electron chi connectivity index (χ0n) is 28.0. The minimum Gasteiger partial charge on any atom is -0.406 e. The number of likely N-dealkylation sites (tertiary alicyclic amines) is 2. The van der Waals surface area contributed by atoms with Gasteiger partial charge in [0.2, 0.25) is 0 Å². The van der Waals surface area contributed by atoms with E-state index in [9.17, 15) is 26.7 Å². The molecule has 1 aromatic heterocycles. The first kappa shape index (κ1) is 34.6. The van der Waals surface area contributed by atoms with Crippen molar-refractivity contribution in [3.63, 3.8) is 0 Å². The van der Waals surface area contributed by atoms with E-state index in [4.69, 9.17) is 5.73 Å². The zero-order valence-corrected chi connectivity index (χ0v) is 28.0. The quantitative estimate of drug-likeness (QED) is 0.119. The molecule has 0 spiro atoms. The Hall–Kier alpha value is -3.80. The number of alkyl halides is 3. The smallest absolute Gasteiger partial charge is 0.406 e. The molecule has 3 aliphatic rings. The zero-order chi connectivity index (χ0) is 35.0. The van der Waals surface area contributed by atoms with Crippen molar-refractivity contribution < 1.29 is 31.5 Å². The lowest BCUT2D eigenvalue weighted by atomic mass is 9.78. The number of fused-ring (bicyclic) bond motifs is 3. The summed E-state index contributed by atoms with van der Waals surface area (Å²) in [6.45, 7) is 3.19. The lowest BCUT2D eigenvalue weighted by Crippen LogP contribution is -2.49. The van der Waals surface area contributed by atoms with Gasteiger partial charge in [0.25, 0.3) is 0 Å². The van der Waals surface area contributed by atoms with E-state index in [1.165, 1.54) is 30.3 Å². The lowest BCUT2D eigenvalue weighted by Gasteiger charge is -2.34. The highest BCUT2D eigenvalue weighted by Crippen LogP contribution is 2.37. The summed E-state index contributed by atoms with van der Waals surface area (Å²) in [6.07, 6.45) is 4.84. The Kier molecular flexibility index (Phi) is 9.75. The van der Waals surface area contributed by atoms with Crippen LogP contribution in [-0.2, 0) is 24.4 Å². The normalized spacial score (nSPS) is 20.9. The molecule has 1 aliphatic carbocycles. The van der Waals surface area contributed by atoms with Crippen LogP contribution >= 0.6 is 0 Å². The van der Waals surface area contributed by atoms with E-state index in [2.05, 4.69) is 37.3 Å². The number of ether oxygens (including phenoxy) is 1. The van der Waals surface area contributed by atoms with Crippen LogP contribution in [0.2, 0.25) is 0 Å². The Bertz CT molecular complexity index is 1810. The van der Waals surface area contributed by atoms with Gasteiger partial charge in [-0.3, -0.25) is 14.6 Å². The number of rotatable bonds is 12. The molecule has 3 aromatic carbocycles. The summed E-state index contributed by atoms with van der Waals surface area (Å²) >= 11 is 0. The summed E-state index contributed by atoms with van der Waals surface area (Å²) in [4.78, 5) is 17.5. The number of nitrogens with zero attached hydrogens (tertiary/aromatic N) is 3. The molecule has 3 heterocycles. The number of carbonyl (C=O) groups excluding carboxylic acids is 1. The molecule has 2 saturated heterocycles. The number of Topliss-reactive ketones (excluding diaryl/α,β-unsaturated/α-hetero) is 1. The third kappa shape index (κ3) is 7.45. The highest BCUT2D eigenvalue weighted by atomic mass is 19.4. The van der Waals surface area contributed by atoms with Crippen LogP contribution in [0.3, 0.4) is 0 Å². The Morgan fingerprint density at radius 3 is 2.22 bits per heavy atom. The minimum atomic E-state index is -4.77. The number of nitrogens with two attached hydrogens (primary N) is 1. The average molecular weight is 695 g/mol. The van der Waals surface area contributed by atoms with Crippen molar-refractivity contribution >= 4 is 16.7 Å². The molecule has 0 amide bonds. The molecule has 2 N–H and O–H groups in total. The van der Waals surface area contributed by atoms with Crippen LogP contribution in [0.15, 0.2) is 66.9 Å². The SMILES string of the molecule is NC1(C(=O)CCCCn2cc(-c3ccc(OC(F)(F)F)cc3)c3cc(CN4CC5CC4CN5Cc4c(F)cccc4F)ccc32)CCCCC1. The van der Waals surface area contributed by atoms with Crippen LogP contribution in [0.25, 0.3) is 22.0 Å². The third-order valence-corrected chi connectivity index (χ3v) is 11.0. The highest BCUT2D eigenvalue weighted by Gasteiger charge is 2.43. The van der Waals surface area contributed by atoms with E-state index in [1.54, 1.807) is 12.1 Å². The highest BCUT2D eigenvalue weighted by molar-refractivity contribution is 5.96. The summed E-state index contributed by atoms with van der Waals surface area (Å²) in [7, 11) is 0. The molecular formula is C39H43F5N4O2. The first-order chi connectivity index (χ1) is 24.0. The van der Waals surface area contributed by atoms with Crippen LogP contribution in [0.1, 0.15) is 68.9 Å². The fraction of sp³-hybridized carbons (Fsp3) is 0.462. The first-order valence-corrected chi connectivity index (χ1v) is 17.7. The van der Waals surface area contributed by atoms with Gasteiger partial charge in [-0.05, 0) is 79.6 Å². The van der Waals surface area contributed by atoms with Crippen molar-refractivity contribution in [3.8, 4) is 16.9 Å². The van der Waals surface area contributed by atoms with E-state index in [-0.39, 0.29) is 35.7 Å². The molecule has 50 heavy (non-hydrogen) atoms. The molecule has 1 saturated carbocycles. The number of piperazine rings is 1. The molecular weight excluding hydrogens is 651 g/mol. The monoisotopic (exact) mass is 694 g/mol. The van der Waals surface area contributed by atoms with Gasteiger partial charge in [0.05, 0.1) is 5.54 Å². The Balaban J connectivity index is 1.06. The van der Waals surface area contributed by atoms with E-state index in [0.717, 1.165) is 92.0 Å². The fourth-order valence-electron chi connectivity index (χ4n) is 8.31. The second-order valence-corrected chi connectivity index (χ2v) is 14.4. The minimum absolute atomic E-state index is 0.117. The number of ketones is 1. The van der Waals surface area contributed by atoms with Gasteiger partial charge in [-0.25, -0.2) is 8.78 Å². The Morgan fingerprint density at radius 2 is 1.56 bits per heavy atom. The van der Waals surface area contributed by atoms with Crippen LogP contribution in [0, 0.1) is 11.6 Å². The van der Waals surface area contributed by atoms with Crippen molar-refractivity contribution in [1.82, 2.24) is 14.4 Å². The van der Waals surface area contributed by atoms with E-state index in [1.807, 2.05) is 6.20 Å². The Labute approximate surface area is 289 Å². The number of aryl methyl sites for hydroxylation is 1. The summed E-state index contributed by atoms with van der Waals surface area (Å²) in [6, 6.07) is 16.8. The van der Waals surface area contributed by atoms with Gasteiger partial charge in [-0.1, -0.05) is 43.5 Å². The van der Waals surface area contributed by atoms with Crippen molar-refractivity contribution in [2.75, 3.05) is 13.1 Å². The summed E-state index contributed by atoms with van der Waals surface area (Å²) in [5.41, 5.74) is 9.69. The van der Waals surface area contributed by atoms with Crippen molar-refractivity contribution in [3.05, 3.63) is 89.6 Å². The molecule has 2 unspecified atom stereocenters. The van der Waals surface area contributed by atoms with Gasteiger partial charge >= 0.3 is 6.36 Å². The van der Waals surface area contributed by atoms with Gasteiger partial charge in [-0.2, -0.15) is 0 Å². The number of hydrogen-bond acceptors (Lipinski definition) is 5. The van der Waals surface area contributed by atoms with Gasteiger partial charge in [0.15, 0.2) is 5.78 Å². The average Bonchev–Trinajstić information content (AvgIpc) is 3.77. The first-order valence-electron chi connectivity index (χ1n) is 17.7.